The van der Waals surface area contributed by atoms with Gasteiger partial charge in [0.2, 0.25) is 11.7 Å². The van der Waals surface area contributed by atoms with Gasteiger partial charge in [0.15, 0.2) is 0 Å². The van der Waals surface area contributed by atoms with Crippen LogP contribution in [-0.4, -0.2) is 17.0 Å². The molecule has 6 heteroatoms. The van der Waals surface area contributed by atoms with Gasteiger partial charge in [0.05, 0.1) is 5.25 Å². The van der Waals surface area contributed by atoms with Crippen LogP contribution in [0.4, 0.5) is 5.69 Å². The molecule has 0 fully saturated rings. The van der Waals surface area contributed by atoms with E-state index < -0.39 is 5.97 Å². The van der Waals surface area contributed by atoms with Gasteiger partial charge in [0.25, 0.3) is 0 Å². The summed E-state index contributed by atoms with van der Waals surface area (Å²) in [7, 11) is 0. The Hall–Kier alpha value is -2.21. The Balaban J connectivity index is 2.02. The Labute approximate surface area is 126 Å². The second-order valence-electron chi connectivity index (χ2n) is 4.47. The van der Waals surface area contributed by atoms with E-state index in [1.165, 1.54) is 13.0 Å². The highest BCUT2D eigenvalue weighted by Crippen LogP contribution is 2.35. The van der Waals surface area contributed by atoms with Crippen molar-refractivity contribution in [3.63, 3.8) is 0 Å². The molecule has 110 valence electrons. The van der Waals surface area contributed by atoms with Gasteiger partial charge in [-0.05, 0) is 43.3 Å². The summed E-state index contributed by atoms with van der Waals surface area (Å²) in [6.07, 6.45) is 0. The molecule has 2 aromatic rings. The third-order valence-electron chi connectivity index (χ3n) is 2.73. The summed E-state index contributed by atoms with van der Waals surface area (Å²) in [5.41, 5.74) is 0.741. The van der Waals surface area contributed by atoms with Crippen molar-refractivity contribution in [3.05, 3.63) is 47.9 Å². The van der Waals surface area contributed by atoms with Crippen molar-refractivity contribution in [1.29, 1.82) is 0 Å². The minimum atomic E-state index is -1.07. The number of carbonyl (C=O) groups is 2. The Morgan fingerprint density at radius 1 is 1.19 bits per heavy atom. The molecule has 2 N–H and O–H groups in total. The Morgan fingerprint density at radius 2 is 1.86 bits per heavy atom. The molecule has 1 amide bonds. The first-order valence-electron chi connectivity index (χ1n) is 6.33. The summed E-state index contributed by atoms with van der Waals surface area (Å²) in [5.74, 6) is -0.625. The van der Waals surface area contributed by atoms with E-state index in [2.05, 4.69) is 5.32 Å². The van der Waals surface area contributed by atoms with Crippen LogP contribution in [-0.2, 0) is 4.79 Å². The predicted octanol–water partition coefficient (Wildman–Crippen LogP) is 3.79. The number of anilines is 1. The van der Waals surface area contributed by atoms with Gasteiger partial charge >= 0.3 is 5.97 Å². The number of benzene rings is 1. The molecule has 1 aromatic heterocycles. The lowest BCUT2D eigenvalue weighted by atomic mass is 10.3. The number of carbonyl (C=O) groups excluding carboxylic acids is 1. The second-order valence-corrected chi connectivity index (χ2v) is 5.89. The first-order chi connectivity index (χ1) is 9.95. The molecular formula is C15H15NO4S. The van der Waals surface area contributed by atoms with E-state index in [1.807, 2.05) is 31.2 Å². The van der Waals surface area contributed by atoms with Crippen LogP contribution in [0, 0.1) is 0 Å². The lowest BCUT2D eigenvalue weighted by Crippen LogP contribution is -2.05. The number of aromatic carboxylic acids is 1. The highest BCUT2D eigenvalue weighted by molar-refractivity contribution is 7.99. The van der Waals surface area contributed by atoms with Crippen LogP contribution in [0.25, 0.3) is 0 Å². The summed E-state index contributed by atoms with van der Waals surface area (Å²) in [5, 5.41) is 11.5. The average molecular weight is 305 g/mol. The molecule has 5 nitrogen and oxygen atoms in total. The van der Waals surface area contributed by atoms with Crippen molar-refractivity contribution in [2.45, 2.75) is 24.0 Å². The SMILES string of the molecule is CC(=O)Nc1ccc(SC(C)c2ccc(C(=O)O)o2)cc1. The van der Waals surface area contributed by atoms with Gasteiger partial charge < -0.3 is 14.8 Å². The van der Waals surface area contributed by atoms with Gasteiger partial charge in [-0.15, -0.1) is 11.8 Å². The van der Waals surface area contributed by atoms with Gasteiger partial charge in [-0.2, -0.15) is 0 Å². The smallest absolute Gasteiger partial charge is 0.371 e. The Bertz CT molecular complexity index is 648. The molecular weight excluding hydrogens is 290 g/mol. The molecule has 21 heavy (non-hydrogen) atoms. The third kappa shape index (κ3) is 4.13. The summed E-state index contributed by atoms with van der Waals surface area (Å²) in [6, 6.07) is 10.6. The van der Waals surface area contributed by atoms with E-state index in [0.717, 1.165) is 10.6 Å². The maximum Gasteiger partial charge on any atom is 0.371 e. The van der Waals surface area contributed by atoms with Crippen LogP contribution >= 0.6 is 11.8 Å². The number of carboxylic acid groups (broad SMARTS) is 1. The van der Waals surface area contributed by atoms with Gasteiger partial charge in [0.1, 0.15) is 5.76 Å². The van der Waals surface area contributed by atoms with Gasteiger partial charge in [0, 0.05) is 17.5 Å². The molecule has 1 heterocycles. The molecule has 1 unspecified atom stereocenters. The quantitative estimate of drug-likeness (QED) is 0.822. The standard InChI is InChI=1S/C15H15NO4S/c1-9(13-7-8-14(20-13)15(18)19)21-12-5-3-11(4-6-12)16-10(2)17/h3-9H,1-2H3,(H,16,17)(H,18,19). The van der Waals surface area contributed by atoms with Crippen molar-refractivity contribution in [2.75, 3.05) is 5.32 Å². The molecule has 0 bridgehead atoms. The number of hydrogen-bond acceptors (Lipinski definition) is 4. The van der Waals surface area contributed by atoms with Crippen molar-refractivity contribution >= 4 is 29.3 Å². The molecule has 2 rings (SSSR count). The zero-order valence-corrected chi connectivity index (χ0v) is 12.4. The zero-order chi connectivity index (χ0) is 15.4. The Morgan fingerprint density at radius 3 is 2.38 bits per heavy atom. The lowest BCUT2D eigenvalue weighted by molar-refractivity contribution is -0.114. The van der Waals surface area contributed by atoms with E-state index in [0.29, 0.717) is 5.76 Å². The fourth-order valence-corrected chi connectivity index (χ4v) is 2.71. The van der Waals surface area contributed by atoms with Crippen LogP contribution in [0.2, 0.25) is 0 Å². The maximum atomic E-state index is 10.9. The summed E-state index contributed by atoms with van der Waals surface area (Å²) in [4.78, 5) is 22.7. The molecule has 0 saturated carbocycles. The monoisotopic (exact) mass is 305 g/mol. The number of amides is 1. The fourth-order valence-electron chi connectivity index (χ4n) is 1.77. The third-order valence-corrected chi connectivity index (χ3v) is 3.86. The highest BCUT2D eigenvalue weighted by Gasteiger charge is 2.15. The van der Waals surface area contributed by atoms with Gasteiger partial charge in [-0.1, -0.05) is 0 Å². The lowest BCUT2D eigenvalue weighted by Gasteiger charge is -2.09. The summed E-state index contributed by atoms with van der Waals surface area (Å²) < 4.78 is 5.28. The van der Waals surface area contributed by atoms with Crippen molar-refractivity contribution in [1.82, 2.24) is 0 Å². The van der Waals surface area contributed by atoms with Crippen LogP contribution in [0.3, 0.4) is 0 Å². The van der Waals surface area contributed by atoms with Crippen LogP contribution < -0.4 is 5.32 Å². The summed E-state index contributed by atoms with van der Waals surface area (Å²) in [6.45, 7) is 3.40. The van der Waals surface area contributed by atoms with E-state index in [9.17, 15) is 9.59 Å². The normalized spacial score (nSPS) is 11.9. The zero-order valence-electron chi connectivity index (χ0n) is 11.6. The van der Waals surface area contributed by atoms with Crippen molar-refractivity contribution in [3.8, 4) is 0 Å². The predicted molar refractivity (Wildman–Crippen MR) is 80.7 cm³/mol. The average Bonchev–Trinajstić information content (AvgIpc) is 2.90. The minimum Gasteiger partial charge on any atom is -0.475 e. The first kappa shape index (κ1) is 15.2. The number of thioether (sulfide) groups is 1. The van der Waals surface area contributed by atoms with Crippen molar-refractivity contribution in [2.24, 2.45) is 0 Å². The fraction of sp³-hybridized carbons (Fsp3) is 0.200. The molecule has 0 aliphatic carbocycles. The minimum absolute atomic E-state index is 0.00952. The maximum absolute atomic E-state index is 10.9. The van der Waals surface area contributed by atoms with Gasteiger partial charge in [-0.3, -0.25) is 4.79 Å². The molecule has 1 aromatic carbocycles. The van der Waals surface area contributed by atoms with Crippen LogP contribution in [0.15, 0.2) is 45.7 Å². The van der Waals surface area contributed by atoms with E-state index in [4.69, 9.17) is 9.52 Å². The molecule has 0 radical (unpaired) electrons. The van der Waals surface area contributed by atoms with E-state index >= 15 is 0 Å². The topological polar surface area (TPSA) is 79.5 Å². The number of carboxylic acids is 1. The number of furan rings is 1. The molecule has 0 aliphatic rings. The van der Waals surface area contributed by atoms with E-state index in [1.54, 1.807) is 17.8 Å². The van der Waals surface area contributed by atoms with Gasteiger partial charge in [-0.25, -0.2) is 4.79 Å². The molecule has 0 saturated heterocycles. The summed E-state index contributed by atoms with van der Waals surface area (Å²) >= 11 is 1.55. The Kier molecular flexibility index (Phi) is 4.70. The van der Waals surface area contributed by atoms with Crippen LogP contribution in [0.1, 0.15) is 35.4 Å². The molecule has 0 spiro atoms. The van der Waals surface area contributed by atoms with E-state index in [-0.39, 0.29) is 16.9 Å². The number of rotatable bonds is 5. The van der Waals surface area contributed by atoms with Crippen molar-refractivity contribution < 1.29 is 19.1 Å². The number of hydrogen-bond donors (Lipinski definition) is 2. The largest absolute Gasteiger partial charge is 0.475 e. The highest BCUT2D eigenvalue weighted by atomic mass is 32.2. The molecule has 1 atom stereocenters. The molecule has 0 aliphatic heterocycles. The van der Waals surface area contributed by atoms with Crippen LogP contribution in [0.5, 0.6) is 0 Å². The number of nitrogens with one attached hydrogen (secondary N) is 1. The first-order valence-corrected chi connectivity index (χ1v) is 7.21. The second kappa shape index (κ2) is 6.49.